The van der Waals surface area contributed by atoms with Crippen LogP contribution in [0.4, 0.5) is 0 Å². The van der Waals surface area contributed by atoms with E-state index in [4.69, 9.17) is 11.6 Å². The Morgan fingerprint density at radius 1 is 1.32 bits per heavy atom. The molecule has 2 atom stereocenters. The molecular weight excluding hydrogens is 276 g/mol. The van der Waals surface area contributed by atoms with Crippen molar-refractivity contribution in [2.24, 2.45) is 0 Å². The average Bonchev–Trinajstić information content (AvgIpc) is 2.80. The maximum absolute atomic E-state index is 11.1. The number of hydrogen-bond acceptors (Lipinski definition) is 2. The molecule has 0 radical (unpaired) electrons. The van der Waals surface area contributed by atoms with Crippen LogP contribution in [0.1, 0.15) is 41.7 Å². The van der Waals surface area contributed by atoms with Gasteiger partial charge in [-0.05, 0) is 42.0 Å². The number of rotatable bonds is 2. The summed E-state index contributed by atoms with van der Waals surface area (Å²) in [6.45, 7) is 2.24. The molecule has 2 aromatic rings. The maximum atomic E-state index is 11.1. The smallest absolute Gasteiger partial charge is 0.0947 e. The van der Waals surface area contributed by atoms with Gasteiger partial charge >= 0.3 is 0 Å². The van der Waals surface area contributed by atoms with E-state index >= 15 is 0 Å². The van der Waals surface area contributed by atoms with Gasteiger partial charge < -0.3 is 5.11 Å². The lowest BCUT2D eigenvalue weighted by Gasteiger charge is -2.37. The van der Waals surface area contributed by atoms with Crippen LogP contribution in [0.5, 0.6) is 0 Å². The number of halogens is 1. The van der Waals surface area contributed by atoms with Crippen LogP contribution in [0.15, 0.2) is 36.4 Å². The van der Waals surface area contributed by atoms with Crippen molar-refractivity contribution in [2.45, 2.75) is 37.7 Å². The predicted octanol–water partition coefficient (Wildman–Crippen LogP) is 4.73. The highest BCUT2D eigenvalue weighted by Crippen LogP contribution is 2.43. The highest BCUT2D eigenvalue weighted by Gasteiger charge is 2.36. The van der Waals surface area contributed by atoms with Crippen LogP contribution in [0.3, 0.4) is 0 Å². The minimum atomic E-state index is -0.739. The predicted molar refractivity (Wildman–Crippen MR) is 81.0 cm³/mol. The molecule has 2 unspecified atom stereocenters. The Hall–Kier alpha value is -0.830. The first-order chi connectivity index (χ1) is 9.08. The topological polar surface area (TPSA) is 20.2 Å². The van der Waals surface area contributed by atoms with Crippen molar-refractivity contribution in [2.75, 3.05) is 0 Å². The molecule has 1 aromatic heterocycles. The zero-order chi connectivity index (χ0) is 13.5. The van der Waals surface area contributed by atoms with Crippen molar-refractivity contribution >= 4 is 22.9 Å². The summed E-state index contributed by atoms with van der Waals surface area (Å²) in [6.07, 6.45) is 2.52. The Labute approximate surface area is 122 Å². The molecule has 1 N–H and O–H groups in total. The second kappa shape index (κ2) is 4.93. The van der Waals surface area contributed by atoms with Crippen LogP contribution in [0, 0.1) is 0 Å². The summed E-state index contributed by atoms with van der Waals surface area (Å²) in [6, 6.07) is 12.2. The second-order valence-electron chi connectivity index (χ2n) is 5.44. The Morgan fingerprint density at radius 2 is 2.11 bits per heavy atom. The fraction of sp³-hybridized carbons (Fsp3) is 0.375. The quantitative estimate of drug-likeness (QED) is 0.848. The molecule has 0 amide bonds. The van der Waals surface area contributed by atoms with Crippen molar-refractivity contribution in [3.8, 4) is 0 Å². The van der Waals surface area contributed by atoms with Crippen molar-refractivity contribution in [1.82, 2.24) is 0 Å². The van der Waals surface area contributed by atoms with E-state index < -0.39 is 5.60 Å². The van der Waals surface area contributed by atoms with Crippen LogP contribution in [-0.4, -0.2) is 5.11 Å². The van der Waals surface area contributed by atoms with Crippen LogP contribution in [0.25, 0.3) is 0 Å². The van der Waals surface area contributed by atoms with Gasteiger partial charge in [0.1, 0.15) is 0 Å². The van der Waals surface area contributed by atoms with Gasteiger partial charge in [0.15, 0.2) is 0 Å². The number of aliphatic hydroxyl groups is 1. The molecule has 3 heteroatoms. The Morgan fingerprint density at radius 3 is 2.84 bits per heavy atom. The van der Waals surface area contributed by atoms with Gasteiger partial charge in [0.2, 0.25) is 0 Å². The summed E-state index contributed by atoms with van der Waals surface area (Å²) in [4.78, 5) is 1.15. The Balaban J connectivity index is 1.98. The number of benzene rings is 1. The molecule has 0 fully saturated rings. The van der Waals surface area contributed by atoms with Crippen molar-refractivity contribution in [3.63, 3.8) is 0 Å². The fourth-order valence-electron chi connectivity index (χ4n) is 3.01. The zero-order valence-corrected chi connectivity index (χ0v) is 12.5. The lowest BCUT2D eigenvalue weighted by atomic mass is 9.73. The molecule has 100 valence electrons. The number of fused-ring (bicyclic) bond motifs is 1. The summed E-state index contributed by atoms with van der Waals surface area (Å²) >= 11 is 7.54. The SMILES string of the molecule is CC1CCC(O)(Cc2ccc(Cl)s2)c2ccccc21. The van der Waals surface area contributed by atoms with E-state index in [2.05, 4.69) is 25.1 Å². The monoisotopic (exact) mass is 292 g/mol. The first kappa shape index (κ1) is 13.2. The number of hydrogen-bond donors (Lipinski definition) is 1. The van der Waals surface area contributed by atoms with Gasteiger partial charge in [-0.2, -0.15) is 0 Å². The van der Waals surface area contributed by atoms with Crippen LogP contribution in [-0.2, 0) is 12.0 Å². The molecule has 1 aliphatic rings. The third-order valence-electron chi connectivity index (χ3n) is 4.08. The van der Waals surface area contributed by atoms with Crippen molar-refractivity contribution in [3.05, 3.63) is 56.7 Å². The van der Waals surface area contributed by atoms with Gasteiger partial charge in [-0.15, -0.1) is 11.3 Å². The standard InChI is InChI=1S/C16H17ClOS/c1-11-8-9-16(18,10-12-6-7-15(17)19-12)14-5-3-2-4-13(11)14/h2-7,11,18H,8-10H2,1H3. The van der Waals surface area contributed by atoms with E-state index in [9.17, 15) is 5.11 Å². The first-order valence-corrected chi connectivity index (χ1v) is 7.84. The first-order valence-electron chi connectivity index (χ1n) is 6.64. The third-order valence-corrected chi connectivity index (χ3v) is 5.31. The van der Waals surface area contributed by atoms with E-state index in [0.29, 0.717) is 12.3 Å². The van der Waals surface area contributed by atoms with E-state index in [1.54, 1.807) is 11.3 Å². The summed E-state index contributed by atoms with van der Waals surface area (Å²) < 4.78 is 0.788. The van der Waals surface area contributed by atoms with E-state index in [1.165, 1.54) is 5.56 Å². The van der Waals surface area contributed by atoms with Crippen LogP contribution in [0.2, 0.25) is 4.34 Å². The highest BCUT2D eigenvalue weighted by molar-refractivity contribution is 7.16. The Kier molecular flexibility index (Phi) is 3.42. The minimum absolute atomic E-state index is 0.531. The highest BCUT2D eigenvalue weighted by atomic mass is 35.5. The molecule has 0 saturated heterocycles. The summed E-state index contributed by atoms with van der Waals surface area (Å²) in [5, 5.41) is 11.1. The molecule has 0 aliphatic heterocycles. The molecular formula is C16H17ClOS. The fourth-order valence-corrected chi connectivity index (χ4v) is 4.21. The lowest BCUT2D eigenvalue weighted by Crippen LogP contribution is -2.33. The number of thiophene rings is 1. The molecule has 1 heterocycles. The largest absolute Gasteiger partial charge is 0.385 e. The second-order valence-corrected chi connectivity index (χ2v) is 7.24. The van der Waals surface area contributed by atoms with E-state index in [0.717, 1.165) is 27.6 Å². The third kappa shape index (κ3) is 2.45. The summed E-state index contributed by atoms with van der Waals surface area (Å²) in [5.74, 6) is 0.531. The summed E-state index contributed by atoms with van der Waals surface area (Å²) in [7, 11) is 0. The van der Waals surface area contributed by atoms with Crippen molar-refractivity contribution in [1.29, 1.82) is 0 Å². The normalized spacial score (nSPS) is 26.2. The molecule has 19 heavy (non-hydrogen) atoms. The lowest BCUT2D eigenvalue weighted by molar-refractivity contribution is 0.0167. The minimum Gasteiger partial charge on any atom is -0.385 e. The molecule has 1 aliphatic carbocycles. The molecule has 0 bridgehead atoms. The van der Waals surface area contributed by atoms with Gasteiger partial charge in [-0.3, -0.25) is 0 Å². The van der Waals surface area contributed by atoms with Gasteiger partial charge in [-0.25, -0.2) is 0 Å². The molecule has 0 spiro atoms. The van der Waals surface area contributed by atoms with Gasteiger partial charge in [0, 0.05) is 11.3 Å². The maximum Gasteiger partial charge on any atom is 0.0947 e. The molecule has 0 saturated carbocycles. The van der Waals surface area contributed by atoms with Gasteiger partial charge in [-0.1, -0.05) is 42.8 Å². The van der Waals surface area contributed by atoms with Crippen LogP contribution < -0.4 is 0 Å². The van der Waals surface area contributed by atoms with Crippen LogP contribution >= 0.6 is 22.9 Å². The molecule has 1 nitrogen and oxygen atoms in total. The zero-order valence-electron chi connectivity index (χ0n) is 10.9. The van der Waals surface area contributed by atoms with Crippen molar-refractivity contribution < 1.29 is 5.11 Å². The van der Waals surface area contributed by atoms with E-state index in [-0.39, 0.29) is 0 Å². The van der Waals surface area contributed by atoms with Gasteiger partial charge in [0.25, 0.3) is 0 Å². The summed E-state index contributed by atoms with van der Waals surface area (Å²) in [5.41, 5.74) is 1.65. The average molecular weight is 293 g/mol. The molecule has 1 aromatic carbocycles. The Bertz CT molecular complexity index is 592. The van der Waals surface area contributed by atoms with Gasteiger partial charge in [0.05, 0.1) is 9.94 Å². The molecule has 3 rings (SSSR count). The van der Waals surface area contributed by atoms with E-state index in [1.807, 2.05) is 18.2 Å².